The highest BCUT2D eigenvalue weighted by Crippen LogP contribution is 2.18. The number of pyridine rings is 1. The minimum atomic E-state index is -3.55. The lowest BCUT2D eigenvalue weighted by Crippen LogP contribution is -2.36. The second-order valence-corrected chi connectivity index (χ2v) is 7.84. The molecule has 9 heteroatoms. The van der Waals surface area contributed by atoms with Crippen LogP contribution in [-0.2, 0) is 29.3 Å². The van der Waals surface area contributed by atoms with Gasteiger partial charge in [0.05, 0.1) is 11.3 Å². The molecule has 1 aliphatic heterocycles. The minimum absolute atomic E-state index is 0.293. The molecule has 0 saturated heterocycles. The third-order valence-corrected chi connectivity index (χ3v) is 4.93. The summed E-state index contributed by atoms with van der Waals surface area (Å²) in [6.45, 7) is 3.26. The van der Waals surface area contributed by atoms with Crippen molar-refractivity contribution in [2.75, 3.05) is 12.8 Å². The largest absolute Gasteiger partial charge is 0.297 e. The number of nitrogens with zero attached hydrogens (tertiary/aromatic N) is 3. The molecule has 0 atom stereocenters. The molecule has 0 bridgehead atoms. The van der Waals surface area contributed by atoms with E-state index in [-0.39, 0.29) is 5.16 Å². The quantitative estimate of drug-likeness (QED) is 0.641. The van der Waals surface area contributed by atoms with Gasteiger partial charge in [-0.25, -0.2) is 18.4 Å². The summed E-state index contributed by atoms with van der Waals surface area (Å²) in [5.74, 6) is -0.519. The van der Waals surface area contributed by atoms with E-state index in [4.69, 9.17) is 0 Å². The van der Waals surface area contributed by atoms with Gasteiger partial charge >= 0.3 is 0 Å². The first-order valence-corrected chi connectivity index (χ1v) is 9.29. The molecule has 1 aliphatic rings. The normalized spacial score (nSPS) is 15.3. The second kappa shape index (κ2) is 6.06. The maximum absolute atomic E-state index is 13.1. The fraction of sp³-hybridized carbons (Fsp3) is 0.400. The Labute approximate surface area is 138 Å². The van der Waals surface area contributed by atoms with E-state index < -0.39 is 21.3 Å². The van der Waals surface area contributed by atoms with Crippen LogP contribution in [0.5, 0.6) is 0 Å². The predicted octanol–water partition coefficient (Wildman–Crippen LogP) is 0.574. The van der Waals surface area contributed by atoms with Crippen LogP contribution in [0, 0.1) is 12.9 Å². The number of aryl methyl sites for hydroxylation is 1. The molecule has 24 heavy (non-hydrogen) atoms. The van der Waals surface area contributed by atoms with Crippen LogP contribution < -0.4 is 5.56 Å². The molecule has 0 amide bonds. The highest BCUT2D eigenvalue weighted by Gasteiger charge is 2.23. The lowest BCUT2D eigenvalue weighted by Gasteiger charge is -2.27. The summed E-state index contributed by atoms with van der Waals surface area (Å²) < 4.78 is 36.2. The van der Waals surface area contributed by atoms with Crippen LogP contribution in [0.25, 0.3) is 0 Å². The third-order valence-electron chi connectivity index (χ3n) is 4.03. The van der Waals surface area contributed by atoms with Gasteiger partial charge in [0.25, 0.3) is 5.56 Å². The maximum atomic E-state index is 13.1. The van der Waals surface area contributed by atoms with Gasteiger partial charge in [-0.1, -0.05) is 6.07 Å². The summed E-state index contributed by atoms with van der Waals surface area (Å²) in [5.41, 5.74) is 2.06. The Morgan fingerprint density at radius 2 is 2.08 bits per heavy atom. The second-order valence-electron chi connectivity index (χ2n) is 5.91. The van der Waals surface area contributed by atoms with Crippen molar-refractivity contribution in [3.05, 3.63) is 50.9 Å². The number of H-pyrrole nitrogens is 1. The zero-order valence-corrected chi connectivity index (χ0v) is 14.2. The summed E-state index contributed by atoms with van der Waals surface area (Å²) in [7, 11) is -3.55. The summed E-state index contributed by atoms with van der Waals surface area (Å²) in [6.07, 6.45) is 1.49. The third kappa shape index (κ3) is 3.36. The van der Waals surface area contributed by atoms with E-state index in [9.17, 15) is 17.6 Å². The number of aromatic amines is 1. The molecule has 128 valence electrons. The van der Waals surface area contributed by atoms with Gasteiger partial charge in [0.2, 0.25) is 20.9 Å². The molecule has 2 aromatic heterocycles. The van der Waals surface area contributed by atoms with Crippen molar-refractivity contribution in [1.29, 1.82) is 0 Å². The first-order valence-electron chi connectivity index (χ1n) is 7.40. The Morgan fingerprint density at radius 1 is 1.33 bits per heavy atom. The van der Waals surface area contributed by atoms with Gasteiger partial charge in [-0.05, 0) is 18.6 Å². The molecular weight excluding hydrogens is 335 g/mol. The molecule has 2 aromatic rings. The van der Waals surface area contributed by atoms with Crippen molar-refractivity contribution in [2.45, 2.75) is 31.6 Å². The fourth-order valence-electron chi connectivity index (χ4n) is 2.74. The lowest BCUT2D eigenvalue weighted by molar-refractivity contribution is 0.240. The van der Waals surface area contributed by atoms with E-state index >= 15 is 0 Å². The standard InChI is InChI=1S/C15H17FN4O3S/c1-9-10(3-4-13(16)17-9)7-20-6-5-12-11(8-20)14(21)19-15(18-12)24(2,22)23/h3-4H,5-8H2,1-2H3,(H,18,19,21). The number of rotatable bonds is 3. The van der Waals surface area contributed by atoms with Crippen molar-refractivity contribution in [2.24, 2.45) is 0 Å². The van der Waals surface area contributed by atoms with Crippen molar-refractivity contribution in [3.63, 3.8) is 0 Å². The molecule has 3 heterocycles. The van der Waals surface area contributed by atoms with Gasteiger partial charge in [0.1, 0.15) is 0 Å². The first-order chi connectivity index (χ1) is 11.2. The van der Waals surface area contributed by atoms with Gasteiger partial charge in [-0.15, -0.1) is 0 Å². The Hall–Kier alpha value is -2.13. The Morgan fingerprint density at radius 3 is 2.75 bits per heavy atom. The predicted molar refractivity (Wildman–Crippen MR) is 84.7 cm³/mol. The smallest absolute Gasteiger partial charge is 0.256 e. The number of hydrogen-bond donors (Lipinski definition) is 1. The van der Waals surface area contributed by atoms with E-state index in [0.717, 1.165) is 11.8 Å². The number of aromatic nitrogens is 3. The van der Waals surface area contributed by atoms with Crippen LogP contribution in [0.2, 0.25) is 0 Å². The van der Waals surface area contributed by atoms with Gasteiger partial charge in [-0.2, -0.15) is 4.39 Å². The van der Waals surface area contributed by atoms with Crippen LogP contribution in [0.15, 0.2) is 22.1 Å². The van der Waals surface area contributed by atoms with E-state index in [0.29, 0.717) is 43.0 Å². The highest BCUT2D eigenvalue weighted by atomic mass is 32.2. The van der Waals surface area contributed by atoms with Gasteiger partial charge in [-0.3, -0.25) is 14.7 Å². The molecule has 1 N–H and O–H groups in total. The highest BCUT2D eigenvalue weighted by molar-refractivity contribution is 7.90. The molecule has 0 saturated carbocycles. The lowest BCUT2D eigenvalue weighted by atomic mass is 10.1. The molecule has 0 radical (unpaired) electrons. The van der Waals surface area contributed by atoms with Crippen LogP contribution in [0.1, 0.15) is 22.5 Å². The van der Waals surface area contributed by atoms with Crippen LogP contribution >= 0.6 is 0 Å². The molecule has 0 aromatic carbocycles. The molecule has 0 unspecified atom stereocenters. The molecule has 0 spiro atoms. The maximum Gasteiger partial charge on any atom is 0.256 e. The summed E-state index contributed by atoms with van der Waals surface area (Å²) in [6, 6.07) is 3.00. The number of fused-ring (bicyclic) bond motifs is 1. The monoisotopic (exact) mass is 352 g/mol. The van der Waals surface area contributed by atoms with Crippen molar-refractivity contribution in [1.82, 2.24) is 19.9 Å². The van der Waals surface area contributed by atoms with E-state index in [1.165, 1.54) is 6.07 Å². The summed E-state index contributed by atoms with van der Waals surface area (Å²) in [4.78, 5) is 24.4. The summed E-state index contributed by atoms with van der Waals surface area (Å²) >= 11 is 0. The van der Waals surface area contributed by atoms with E-state index in [2.05, 4.69) is 15.0 Å². The average Bonchev–Trinajstić information content (AvgIpc) is 2.49. The van der Waals surface area contributed by atoms with Gasteiger partial charge in [0, 0.05) is 38.0 Å². The van der Waals surface area contributed by atoms with Crippen molar-refractivity contribution >= 4 is 9.84 Å². The topological polar surface area (TPSA) is 96.0 Å². The molecular formula is C15H17FN4O3S. The van der Waals surface area contributed by atoms with Crippen molar-refractivity contribution in [3.8, 4) is 0 Å². The molecule has 0 aliphatic carbocycles. The number of halogens is 1. The molecule has 0 fully saturated rings. The van der Waals surface area contributed by atoms with Crippen LogP contribution in [-0.4, -0.2) is 41.1 Å². The van der Waals surface area contributed by atoms with E-state index in [1.807, 2.05) is 4.90 Å². The zero-order valence-electron chi connectivity index (χ0n) is 13.3. The number of sulfone groups is 1. The Balaban J connectivity index is 1.86. The van der Waals surface area contributed by atoms with Gasteiger partial charge < -0.3 is 0 Å². The molecule has 3 rings (SSSR count). The van der Waals surface area contributed by atoms with Crippen LogP contribution in [0.3, 0.4) is 0 Å². The van der Waals surface area contributed by atoms with Crippen molar-refractivity contribution < 1.29 is 12.8 Å². The first kappa shape index (κ1) is 16.7. The summed E-state index contributed by atoms with van der Waals surface area (Å²) in [5, 5.41) is -0.293. The SMILES string of the molecule is Cc1nc(F)ccc1CN1CCc2nc(S(C)(=O)=O)[nH]c(=O)c2C1. The average molecular weight is 352 g/mol. The molecule has 7 nitrogen and oxygen atoms in total. The van der Waals surface area contributed by atoms with E-state index in [1.54, 1.807) is 13.0 Å². The fourth-order valence-corrected chi connectivity index (χ4v) is 3.29. The van der Waals surface area contributed by atoms with Crippen LogP contribution in [0.4, 0.5) is 4.39 Å². The zero-order chi connectivity index (χ0) is 17.5. The number of hydrogen-bond acceptors (Lipinski definition) is 6. The Bertz CT molecular complexity index is 956. The Kier molecular flexibility index (Phi) is 4.22. The number of nitrogens with one attached hydrogen (secondary N) is 1. The van der Waals surface area contributed by atoms with Gasteiger partial charge in [0.15, 0.2) is 0 Å². The minimum Gasteiger partial charge on any atom is -0.297 e.